The molecule has 1 aliphatic rings. The Morgan fingerprint density at radius 1 is 1.42 bits per heavy atom. The Morgan fingerprint density at radius 2 is 2.05 bits per heavy atom. The van der Waals surface area contributed by atoms with E-state index < -0.39 is 0 Å². The van der Waals surface area contributed by atoms with Crippen LogP contribution in [0.2, 0.25) is 5.02 Å². The third kappa shape index (κ3) is 2.79. The molecule has 1 unspecified atom stereocenters. The second-order valence-electron chi connectivity index (χ2n) is 5.41. The molecule has 1 saturated carbocycles. The largest absolute Gasteiger partial charge is 0.495 e. The number of hydrogen-bond donors (Lipinski definition) is 1. The first-order valence-electron chi connectivity index (χ1n) is 6.82. The third-order valence-electron chi connectivity index (χ3n) is 4.54. The van der Waals surface area contributed by atoms with E-state index in [0.29, 0.717) is 5.02 Å². The summed E-state index contributed by atoms with van der Waals surface area (Å²) in [5.41, 5.74) is 7.81. The fourth-order valence-electron chi connectivity index (χ4n) is 3.32. The summed E-state index contributed by atoms with van der Waals surface area (Å²) in [6.45, 7) is 2.23. The maximum atomic E-state index is 6.60. The van der Waals surface area contributed by atoms with Crippen LogP contribution in [0, 0.1) is 5.41 Å². The molecular formula is C15H21BrClNO. The highest BCUT2D eigenvalue weighted by atomic mass is 79.9. The van der Waals surface area contributed by atoms with E-state index in [0.717, 1.165) is 22.2 Å². The van der Waals surface area contributed by atoms with Gasteiger partial charge in [0.1, 0.15) is 5.75 Å². The Balaban J connectivity index is 2.45. The van der Waals surface area contributed by atoms with Crippen molar-refractivity contribution >= 4 is 27.5 Å². The van der Waals surface area contributed by atoms with Crippen LogP contribution in [0.25, 0.3) is 0 Å². The zero-order chi connectivity index (χ0) is 14.0. The van der Waals surface area contributed by atoms with E-state index in [1.54, 1.807) is 7.11 Å². The molecule has 0 amide bonds. The zero-order valence-electron chi connectivity index (χ0n) is 11.5. The topological polar surface area (TPSA) is 35.2 Å². The van der Waals surface area contributed by atoms with Gasteiger partial charge in [0.2, 0.25) is 0 Å². The SMILES string of the molecule is CCC1(C(N)c2cc(Cl)cc(Br)c2OC)CCCC1. The molecule has 1 aliphatic carbocycles. The van der Waals surface area contributed by atoms with Gasteiger partial charge in [0.15, 0.2) is 0 Å². The monoisotopic (exact) mass is 345 g/mol. The van der Waals surface area contributed by atoms with Crippen molar-refractivity contribution in [2.24, 2.45) is 11.1 Å². The lowest BCUT2D eigenvalue weighted by Gasteiger charge is -2.35. The normalized spacial score (nSPS) is 19.4. The number of rotatable bonds is 4. The first kappa shape index (κ1) is 15.1. The molecule has 1 atom stereocenters. The fraction of sp³-hybridized carbons (Fsp3) is 0.600. The minimum absolute atomic E-state index is 0.0232. The molecule has 0 aromatic heterocycles. The lowest BCUT2D eigenvalue weighted by atomic mass is 9.74. The lowest BCUT2D eigenvalue weighted by Crippen LogP contribution is -2.32. The van der Waals surface area contributed by atoms with Crippen LogP contribution in [0.3, 0.4) is 0 Å². The summed E-state index contributed by atoms with van der Waals surface area (Å²) in [5.74, 6) is 0.816. The lowest BCUT2D eigenvalue weighted by molar-refractivity contribution is 0.218. The van der Waals surface area contributed by atoms with Crippen LogP contribution in [0.15, 0.2) is 16.6 Å². The smallest absolute Gasteiger partial charge is 0.137 e. The quantitative estimate of drug-likeness (QED) is 0.825. The highest BCUT2D eigenvalue weighted by Crippen LogP contribution is 2.51. The molecule has 2 nitrogen and oxygen atoms in total. The van der Waals surface area contributed by atoms with Gasteiger partial charge in [-0.25, -0.2) is 0 Å². The van der Waals surface area contributed by atoms with E-state index in [9.17, 15) is 0 Å². The van der Waals surface area contributed by atoms with Crippen LogP contribution in [0.4, 0.5) is 0 Å². The summed E-state index contributed by atoms with van der Waals surface area (Å²) >= 11 is 9.69. The van der Waals surface area contributed by atoms with Crippen molar-refractivity contribution in [1.82, 2.24) is 0 Å². The highest BCUT2D eigenvalue weighted by Gasteiger charge is 2.40. The molecule has 0 heterocycles. The van der Waals surface area contributed by atoms with Gasteiger partial charge in [-0.2, -0.15) is 0 Å². The Hall–Kier alpha value is -0.250. The van der Waals surface area contributed by atoms with Crippen molar-refractivity contribution < 1.29 is 4.74 Å². The van der Waals surface area contributed by atoms with Gasteiger partial charge in [-0.15, -0.1) is 0 Å². The molecule has 1 aromatic carbocycles. The molecule has 0 saturated heterocycles. The van der Waals surface area contributed by atoms with Crippen molar-refractivity contribution in [3.8, 4) is 5.75 Å². The van der Waals surface area contributed by atoms with E-state index >= 15 is 0 Å². The minimum atomic E-state index is -0.0232. The second kappa shape index (κ2) is 6.02. The maximum absolute atomic E-state index is 6.60. The molecule has 106 valence electrons. The summed E-state index contributed by atoms with van der Waals surface area (Å²) in [6.07, 6.45) is 6.02. The minimum Gasteiger partial charge on any atom is -0.495 e. The van der Waals surface area contributed by atoms with E-state index in [1.807, 2.05) is 12.1 Å². The molecule has 1 fully saturated rings. The van der Waals surface area contributed by atoms with Gasteiger partial charge in [0.05, 0.1) is 11.6 Å². The highest BCUT2D eigenvalue weighted by molar-refractivity contribution is 9.10. The average molecular weight is 347 g/mol. The second-order valence-corrected chi connectivity index (χ2v) is 6.70. The van der Waals surface area contributed by atoms with Crippen molar-refractivity contribution in [3.05, 3.63) is 27.2 Å². The van der Waals surface area contributed by atoms with Gasteiger partial charge in [-0.05, 0) is 52.7 Å². The van der Waals surface area contributed by atoms with Gasteiger partial charge in [0.25, 0.3) is 0 Å². The van der Waals surface area contributed by atoms with Crippen LogP contribution in [-0.4, -0.2) is 7.11 Å². The number of nitrogens with two attached hydrogens (primary N) is 1. The molecule has 1 aromatic rings. The summed E-state index contributed by atoms with van der Waals surface area (Å²) in [5, 5.41) is 0.697. The van der Waals surface area contributed by atoms with Gasteiger partial charge < -0.3 is 10.5 Å². The van der Waals surface area contributed by atoms with E-state index in [-0.39, 0.29) is 11.5 Å². The van der Waals surface area contributed by atoms with Crippen LogP contribution in [0.5, 0.6) is 5.75 Å². The average Bonchev–Trinajstić information content (AvgIpc) is 2.87. The molecule has 0 aliphatic heterocycles. The molecule has 0 bridgehead atoms. The Labute approximate surface area is 128 Å². The van der Waals surface area contributed by atoms with E-state index in [1.165, 1.54) is 25.7 Å². The van der Waals surface area contributed by atoms with Crippen LogP contribution >= 0.6 is 27.5 Å². The van der Waals surface area contributed by atoms with Crippen molar-refractivity contribution in [3.63, 3.8) is 0 Å². The van der Waals surface area contributed by atoms with Crippen molar-refractivity contribution in [1.29, 1.82) is 0 Å². The summed E-state index contributed by atoms with van der Waals surface area (Å²) in [4.78, 5) is 0. The van der Waals surface area contributed by atoms with Crippen LogP contribution in [0.1, 0.15) is 50.6 Å². The molecule has 2 rings (SSSR count). The first-order valence-corrected chi connectivity index (χ1v) is 7.99. The summed E-state index contributed by atoms with van der Waals surface area (Å²) in [7, 11) is 1.68. The Kier molecular flexibility index (Phi) is 4.80. The molecule has 0 radical (unpaired) electrons. The van der Waals surface area contributed by atoms with Crippen molar-refractivity contribution in [2.75, 3.05) is 7.11 Å². The van der Waals surface area contributed by atoms with E-state index in [2.05, 4.69) is 22.9 Å². The van der Waals surface area contributed by atoms with Crippen molar-refractivity contribution in [2.45, 2.75) is 45.1 Å². The third-order valence-corrected chi connectivity index (χ3v) is 5.35. The van der Waals surface area contributed by atoms with Crippen LogP contribution in [-0.2, 0) is 0 Å². The van der Waals surface area contributed by atoms with E-state index in [4.69, 9.17) is 22.1 Å². The molecule has 0 spiro atoms. The standard InChI is InChI=1S/C15H21BrClNO/c1-3-15(6-4-5-7-15)14(18)11-8-10(17)9-12(16)13(11)19-2/h8-9,14H,3-7,18H2,1-2H3. The fourth-order valence-corrected chi connectivity index (χ4v) is 4.32. The molecule has 19 heavy (non-hydrogen) atoms. The maximum Gasteiger partial charge on any atom is 0.137 e. The van der Waals surface area contributed by atoms with Gasteiger partial charge in [-0.1, -0.05) is 31.4 Å². The Bertz CT molecular complexity index is 458. The number of ether oxygens (including phenoxy) is 1. The van der Waals surface area contributed by atoms with Crippen LogP contribution < -0.4 is 10.5 Å². The predicted molar refractivity (Wildman–Crippen MR) is 83.8 cm³/mol. The summed E-state index contributed by atoms with van der Waals surface area (Å²) < 4.78 is 6.39. The Morgan fingerprint density at radius 3 is 2.58 bits per heavy atom. The number of halogens is 2. The van der Waals surface area contributed by atoms with Gasteiger partial charge >= 0.3 is 0 Å². The zero-order valence-corrected chi connectivity index (χ0v) is 13.9. The number of hydrogen-bond acceptors (Lipinski definition) is 2. The van der Waals surface area contributed by atoms with Gasteiger partial charge in [0, 0.05) is 16.6 Å². The number of benzene rings is 1. The summed E-state index contributed by atoms with van der Waals surface area (Å²) in [6, 6.07) is 3.78. The molecule has 2 N–H and O–H groups in total. The number of methoxy groups -OCH3 is 1. The molecule has 4 heteroatoms. The predicted octanol–water partition coefficient (Wildman–Crippen LogP) is 5.08. The molecular weight excluding hydrogens is 326 g/mol. The van der Waals surface area contributed by atoms with Gasteiger partial charge in [-0.3, -0.25) is 0 Å². The first-order chi connectivity index (χ1) is 9.04.